The van der Waals surface area contributed by atoms with Gasteiger partial charge in [-0.15, -0.1) is 24.0 Å². The Morgan fingerprint density at radius 2 is 2.18 bits per heavy atom. The zero-order chi connectivity index (χ0) is 18.9. The van der Waals surface area contributed by atoms with Gasteiger partial charge in [0.1, 0.15) is 5.76 Å². The largest absolute Gasteiger partial charge is 0.469 e. The number of rotatable bonds is 9. The van der Waals surface area contributed by atoms with Gasteiger partial charge in [-0.05, 0) is 44.9 Å². The lowest BCUT2D eigenvalue weighted by Gasteiger charge is -2.14. The van der Waals surface area contributed by atoms with E-state index in [0.29, 0.717) is 5.92 Å². The molecule has 2 N–H and O–H groups in total. The fourth-order valence-electron chi connectivity index (χ4n) is 3.22. The number of aliphatic imine (C=N–C) groups is 1. The first-order valence-electron chi connectivity index (χ1n) is 9.84. The van der Waals surface area contributed by atoms with Gasteiger partial charge in [0.2, 0.25) is 0 Å². The Morgan fingerprint density at radius 1 is 1.32 bits per heavy atom. The predicted octanol–water partition coefficient (Wildman–Crippen LogP) is 2.92. The molecular formula is C20H32IN5O2. The van der Waals surface area contributed by atoms with Crippen LogP contribution in [0.4, 0.5) is 0 Å². The standard InChI is InChI=1S/C20H31N5O2.HI/c1-16-13-17(2)25(24-16)10-4-8-21-20(23-14-18-7-12-26-15-18)22-9-6-19-5-3-11-27-19;/h3,5,11,13,18H,4,6-10,12,14-15H2,1-2H3,(H2,21,22,23);1H. The maximum atomic E-state index is 5.45. The minimum atomic E-state index is 0. The number of ether oxygens (including phenoxy) is 1. The van der Waals surface area contributed by atoms with Gasteiger partial charge in [-0.1, -0.05) is 0 Å². The Balaban J connectivity index is 0.00000280. The smallest absolute Gasteiger partial charge is 0.191 e. The monoisotopic (exact) mass is 501 g/mol. The number of aromatic nitrogens is 2. The predicted molar refractivity (Wildman–Crippen MR) is 121 cm³/mol. The molecule has 3 rings (SSSR count). The Labute approximate surface area is 184 Å². The SMILES string of the molecule is Cc1cc(C)n(CCCNC(=NCC2CCOC2)NCCc2ccco2)n1.I. The molecule has 2 aromatic heterocycles. The first-order chi connectivity index (χ1) is 13.2. The average molecular weight is 501 g/mol. The first-order valence-corrected chi connectivity index (χ1v) is 9.84. The molecule has 0 amide bonds. The van der Waals surface area contributed by atoms with Crippen LogP contribution in [0.25, 0.3) is 0 Å². The van der Waals surface area contributed by atoms with Crippen LogP contribution in [0.15, 0.2) is 33.9 Å². The zero-order valence-corrected chi connectivity index (χ0v) is 19.1. The van der Waals surface area contributed by atoms with Crippen molar-refractivity contribution in [1.29, 1.82) is 0 Å². The van der Waals surface area contributed by atoms with Crippen LogP contribution >= 0.6 is 24.0 Å². The highest BCUT2D eigenvalue weighted by molar-refractivity contribution is 14.0. The van der Waals surface area contributed by atoms with Crippen molar-refractivity contribution in [3.8, 4) is 0 Å². The summed E-state index contributed by atoms with van der Waals surface area (Å²) in [5.74, 6) is 2.38. The first kappa shape index (κ1) is 22.7. The van der Waals surface area contributed by atoms with Gasteiger partial charge in [-0.25, -0.2) is 0 Å². The Hall–Kier alpha value is -1.55. The molecule has 28 heavy (non-hydrogen) atoms. The van der Waals surface area contributed by atoms with Crippen LogP contribution in [0.1, 0.15) is 30.0 Å². The molecule has 7 nitrogen and oxygen atoms in total. The summed E-state index contributed by atoms with van der Waals surface area (Å²) >= 11 is 0. The van der Waals surface area contributed by atoms with Crippen LogP contribution in [0.5, 0.6) is 0 Å². The summed E-state index contributed by atoms with van der Waals surface area (Å²) in [6.07, 6.45) is 4.64. The fourth-order valence-corrected chi connectivity index (χ4v) is 3.22. The van der Waals surface area contributed by atoms with Gasteiger partial charge in [0.05, 0.1) is 18.6 Å². The number of guanidine groups is 1. The molecule has 3 heterocycles. The van der Waals surface area contributed by atoms with E-state index in [2.05, 4.69) is 33.4 Å². The van der Waals surface area contributed by atoms with Crippen molar-refractivity contribution >= 4 is 29.9 Å². The van der Waals surface area contributed by atoms with Gasteiger partial charge in [-0.2, -0.15) is 5.10 Å². The van der Waals surface area contributed by atoms with Crippen LogP contribution in [0.2, 0.25) is 0 Å². The van der Waals surface area contributed by atoms with E-state index in [4.69, 9.17) is 14.1 Å². The van der Waals surface area contributed by atoms with Gasteiger partial charge in [0.25, 0.3) is 0 Å². The van der Waals surface area contributed by atoms with Crippen molar-refractivity contribution in [3.05, 3.63) is 41.6 Å². The molecule has 0 aromatic carbocycles. The molecule has 0 bridgehead atoms. The number of hydrogen-bond donors (Lipinski definition) is 2. The lowest BCUT2D eigenvalue weighted by molar-refractivity contribution is 0.187. The summed E-state index contributed by atoms with van der Waals surface area (Å²) in [4.78, 5) is 4.75. The maximum Gasteiger partial charge on any atom is 0.191 e. The number of furan rings is 1. The Morgan fingerprint density at radius 3 is 2.86 bits per heavy atom. The molecule has 156 valence electrons. The summed E-state index contributed by atoms with van der Waals surface area (Å²) in [7, 11) is 0. The summed E-state index contributed by atoms with van der Waals surface area (Å²) in [5, 5.41) is 11.4. The molecule has 1 atom stereocenters. The van der Waals surface area contributed by atoms with Crippen molar-refractivity contribution in [2.24, 2.45) is 10.9 Å². The van der Waals surface area contributed by atoms with Crippen LogP contribution in [0, 0.1) is 19.8 Å². The van der Waals surface area contributed by atoms with Crippen LogP contribution in [0.3, 0.4) is 0 Å². The molecule has 1 saturated heterocycles. The lowest BCUT2D eigenvalue weighted by Crippen LogP contribution is -2.39. The number of halogens is 1. The second-order valence-corrected chi connectivity index (χ2v) is 7.11. The summed E-state index contributed by atoms with van der Waals surface area (Å²) in [5.41, 5.74) is 2.28. The molecule has 1 unspecified atom stereocenters. The molecule has 1 aliphatic rings. The third kappa shape index (κ3) is 7.46. The van der Waals surface area contributed by atoms with Crippen molar-refractivity contribution in [3.63, 3.8) is 0 Å². The molecule has 0 spiro atoms. The summed E-state index contributed by atoms with van der Waals surface area (Å²) in [6.45, 7) is 9.15. The average Bonchev–Trinajstić information content (AvgIpc) is 3.39. The molecule has 1 fully saturated rings. The van der Waals surface area contributed by atoms with E-state index in [0.717, 1.165) is 76.1 Å². The number of nitrogens with one attached hydrogen (secondary N) is 2. The third-order valence-corrected chi connectivity index (χ3v) is 4.72. The van der Waals surface area contributed by atoms with E-state index in [-0.39, 0.29) is 24.0 Å². The lowest BCUT2D eigenvalue weighted by atomic mass is 10.1. The quantitative estimate of drug-likeness (QED) is 0.239. The third-order valence-electron chi connectivity index (χ3n) is 4.72. The van der Waals surface area contributed by atoms with Crippen LogP contribution < -0.4 is 10.6 Å². The normalized spacial score (nSPS) is 16.8. The number of hydrogen-bond acceptors (Lipinski definition) is 4. The second-order valence-electron chi connectivity index (χ2n) is 7.11. The Kier molecular flexibility index (Phi) is 9.83. The summed E-state index contributed by atoms with van der Waals surface area (Å²) < 4.78 is 12.9. The molecule has 8 heteroatoms. The van der Waals surface area contributed by atoms with Gasteiger partial charge in [0.15, 0.2) is 5.96 Å². The second kappa shape index (κ2) is 12.1. The van der Waals surface area contributed by atoms with Gasteiger partial charge < -0.3 is 19.8 Å². The maximum absolute atomic E-state index is 5.45. The van der Waals surface area contributed by atoms with E-state index >= 15 is 0 Å². The van der Waals surface area contributed by atoms with Crippen molar-refractivity contribution in [2.75, 3.05) is 32.8 Å². The number of nitrogens with zero attached hydrogens (tertiary/aromatic N) is 3. The molecule has 0 radical (unpaired) electrons. The minimum Gasteiger partial charge on any atom is -0.469 e. The summed E-state index contributed by atoms with van der Waals surface area (Å²) in [6, 6.07) is 6.03. The highest BCUT2D eigenvalue weighted by Crippen LogP contribution is 2.12. The van der Waals surface area contributed by atoms with E-state index < -0.39 is 0 Å². The Bertz CT molecular complexity index is 708. The molecule has 0 saturated carbocycles. The van der Waals surface area contributed by atoms with Crippen molar-refractivity contribution in [1.82, 2.24) is 20.4 Å². The van der Waals surface area contributed by atoms with Gasteiger partial charge >= 0.3 is 0 Å². The van der Waals surface area contributed by atoms with E-state index in [1.807, 2.05) is 19.1 Å². The molecular weight excluding hydrogens is 469 g/mol. The van der Waals surface area contributed by atoms with Crippen LogP contribution in [-0.4, -0.2) is 48.6 Å². The van der Waals surface area contributed by atoms with Crippen LogP contribution in [-0.2, 0) is 17.7 Å². The van der Waals surface area contributed by atoms with Gasteiger partial charge in [-0.3, -0.25) is 9.67 Å². The van der Waals surface area contributed by atoms with E-state index in [1.54, 1.807) is 6.26 Å². The fraction of sp³-hybridized carbons (Fsp3) is 0.600. The molecule has 0 aliphatic carbocycles. The number of aryl methyl sites for hydroxylation is 3. The van der Waals surface area contributed by atoms with Crippen molar-refractivity contribution in [2.45, 2.75) is 39.7 Å². The molecule has 2 aromatic rings. The topological polar surface area (TPSA) is 76.6 Å². The van der Waals surface area contributed by atoms with Gasteiger partial charge in [0, 0.05) is 50.8 Å². The zero-order valence-electron chi connectivity index (χ0n) is 16.8. The molecule has 1 aliphatic heterocycles. The van der Waals surface area contributed by atoms with E-state index in [9.17, 15) is 0 Å². The minimum absolute atomic E-state index is 0. The van der Waals surface area contributed by atoms with Crippen molar-refractivity contribution < 1.29 is 9.15 Å². The highest BCUT2D eigenvalue weighted by atomic mass is 127. The highest BCUT2D eigenvalue weighted by Gasteiger charge is 2.15. The van der Waals surface area contributed by atoms with E-state index in [1.165, 1.54) is 5.69 Å².